The van der Waals surface area contributed by atoms with Crippen molar-refractivity contribution in [2.75, 3.05) is 6.61 Å². The first-order valence-electron chi connectivity index (χ1n) is 5.80. The number of ether oxygens (including phenoxy) is 2. The average molecular weight is 238 g/mol. The van der Waals surface area contributed by atoms with Gasteiger partial charge in [-0.2, -0.15) is 5.10 Å². The first-order chi connectivity index (χ1) is 7.96. The van der Waals surface area contributed by atoms with Crippen molar-refractivity contribution in [1.82, 2.24) is 9.78 Å². The molecule has 0 aliphatic carbocycles. The fourth-order valence-corrected chi connectivity index (χ4v) is 1.97. The van der Waals surface area contributed by atoms with Crippen LogP contribution in [-0.4, -0.2) is 34.1 Å². The van der Waals surface area contributed by atoms with Crippen LogP contribution >= 0.6 is 0 Å². The molecule has 2 rings (SSSR count). The molecular formula is C12H18N2O3. The van der Waals surface area contributed by atoms with Crippen LogP contribution in [0.3, 0.4) is 0 Å². The maximum Gasteiger partial charge on any atom is 0.341 e. The van der Waals surface area contributed by atoms with Crippen molar-refractivity contribution in [1.29, 1.82) is 0 Å². The molecule has 1 aromatic heterocycles. The lowest BCUT2D eigenvalue weighted by Gasteiger charge is -2.18. The molecule has 1 aliphatic heterocycles. The van der Waals surface area contributed by atoms with E-state index in [-0.39, 0.29) is 17.7 Å². The Balaban J connectivity index is 1.81. The number of carbonyl (C=O) groups excluding carboxylic acids is 1. The van der Waals surface area contributed by atoms with Gasteiger partial charge in [0, 0.05) is 13.2 Å². The molecule has 0 bridgehead atoms. The molecule has 94 valence electrons. The van der Waals surface area contributed by atoms with Gasteiger partial charge in [0.25, 0.3) is 0 Å². The molecule has 0 unspecified atom stereocenters. The topological polar surface area (TPSA) is 53.4 Å². The van der Waals surface area contributed by atoms with E-state index in [1.54, 1.807) is 17.9 Å². The first-order valence-corrected chi connectivity index (χ1v) is 5.80. The normalized spacial score (nSPS) is 22.6. The van der Waals surface area contributed by atoms with Crippen molar-refractivity contribution in [3.63, 3.8) is 0 Å². The maximum atomic E-state index is 11.6. The number of aryl methyl sites for hydroxylation is 1. The number of carbonyl (C=O) groups is 1. The van der Waals surface area contributed by atoms with Crippen LogP contribution in [-0.2, 0) is 16.5 Å². The Morgan fingerprint density at radius 1 is 1.71 bits per heavy atom. The lowest BCUT2D eigenvalue weighted by Crippen LogP contribution is -2.24. The summed E-state index contributed by atoms with van der Waals surface area (Å²) in [5, 5.41) is 3.93. The molecule has 0 aromatic carbocycles. The van der Waals surface area contributed by atoms with E-state index in [0.29, 0.717) is 12.2 Å². The third kappa shape index (κ3) is 3.06. The van der Waals surface area contributed by atoms with Gasteiger partial charge in [0.2, 0.25) is 0 Å². The Labute approximate surface area is 101 Å². The number of hydrogen-bond acceptors (Lipinski definition) is 4. The Kier molecular flexibility index (Phi) is 3.19. The van der Waals surface area contributed by atoms with E-state index < -0.39 is 0 Å². The summed E-state index contributed by atoms with van der Waals surface area (Å²) in [6.45, 7) is 4.42. The highest BCUT2D eigenvalue weighted by atomic mass is 16.6. The van der Waals surface area contributed by atoms with E-state index in [1.807, 2.05) is 0 Å². The molecule has 1 atom stereocenters. The molecule has 0 N–H and O–H groups in total. The van der Waals surface area contributed by atoms with Gasteiger partial charge in [-0.1, -0.05) is 0 Å². The van der Waals surface area contributed by atoms with Gasteiger partial charge in [-0.3, -0.25) is 4.68 Å². The summed E-state index contributed by atoms with van der Waals surface area (Å²) in [6.07, 6.45) is 5.10. The highest BCUT2D eigenvalue weighted by molar-refractivity contribution is 5.88. The molecule has 1 aromatic rings. The highest BCUT2D eigenvalue weighted by Gasteiger charge is 2.32. The predicted molar refractivity (Wildman–Crippen MR) is 61.7 cm³/mol. The van der Waals surface area contributed by atoms with Crippen LogP contribution in [0.4, 0.5) is 0 Å². The fraction of sp³-hybridized carbons (Fsp3) is 0.667. The van der Waals surface area contributed by atoms with Crippen LogP contribution in [0, 0.1) is 0 Å². The highest BCUT2D eigenvalue weighted by Crippen LogP contribution is 2.29. The molecular weight excluding hydrogens is 220 g/mol. The van der Waals surface area contributed by atoms with Gasteiger partial charge in [-0.25, -0.2) is 4.79 Å². The molecule has 1 fully saturated rings. The van der Waals surface area contributed by atoms with E-state index in [0.717, 1.165) is 12.8 Å². The van der Waals surface area contributed by atoms with Gasteiger partial charge in [0.15, 0.2) is 0 Å². The van der Waals surface area contributed by atoms with E-state index in [2.05, 4.69) is 18.9 Å². The molecule has 0 radical (unpaired) electrons. The zero-order chi connectivity index (χ0) is 12.5. The molecule has 1 aliphatic rings. The minimum Gasteiger partial charge on any atom is -0.459 e. The Bertz CT molecular complexity index is 412. The van der Waals surface area contributed by atoms with Crippen LogP contribution in [0.1, 0.15) is 37.0 Å². The Morgan fingerprint density at radius 3 is 3.00 bits per heavy atom. The summed E-state index contributed by atoms with van der Waals surface area (Å²) in [7, 11) is 1.76. The van der Waals surface area contributed by atoms with Crippen molar-refractivity contribution in [3.8, 4) is 0 Å². The smallest absolute Gasteiger partial charge is 0.341 e. The lowest BCUT2D eigenvalue weighted by molar-refractivity contribution is -0.0444. The summed E-state index contributed by atoms with van der Waals surface area (Å²) >= 11 is 0. The van der Waals surface area contributed by atoms with Crippen LogP contribution in [0.5, 0.6) is 0 Å². The third-order valence-electron chi connectivity index (χ3n) is 2.89. The molecule has 1 saturated heterocycles. The summed E-state index contributed by atoms with van der Waals surface area (Å²) in [5.74, 6) is -0.341. The summed E-state index contributed by atoms with van der Waals surface area (Å²) in [4.78, 5) is 11.6. The second-order valence-electron chi connectivity index (χ2n) is 5.04. The van der Waals surface area contributed by atoms with Crippen LogP contribution < -0.4 is 0 Å². The third-order valence-corrected chi connectivity index (χ3v) is 2.89. The summed E-state index contributed by atoms with van der Waals surface area (Å²) in [6, 6.07) is 0. The average Bonchev–Trinajstić information content (AvgIpc) is 2.81. The fourth-order valence-electron chi connectivity index (χ4n) is 1.97. The second-order valence-corrected chi connectivity index (χ2v) is 5.04. The Hall–Kier alpha value is -1.36. The minimum atomic E-state index is -0.341. The van der Waals surface area contributed by atoms with Crippen molar-refractivity contribution in [2.24, 2.45) is 7.05 Å². The molecule has 0 spiro atoms. The van der Waals surface area contributed by atoms with Crippen LogP contribution in [0.15, 0.2) is 12.4 Å². The standard InChI is InChI=1S/C12H18N2O3/c1-12(2)5-4-10(17-12)8-16-11(15)9-6-13-14(3)7-9/h6-7,10H,4-5,8H2,1-3H3/t10-/m1/s1. The zero-order valence-electron chi connectivity index (χ0n) is 10.5. The molecule has 2 heterocycles. The second kappa shape index (κ2) is 4.49. The van der Waals surface area contributed by atoms with Crippen molar-refractivity contribution >= 4 is 5.97 Å². The number of aromatic nitrogens is 2. The predicted octanol–water partition coefficient (Wildman–Crippen LogP) is 1.53. The SMILES string of the molecule is Cn1cc(C(=O)OC[C@H]2CCC(C)(C)O2)cn1. The summed E-state index contributed by atoms with van der Waals surface area (Å²) in [5.41, 5.74) is 0.385. The Morgan fingerprint density at radius 2 is 2.47 bits per heavy atom. The quantitative estimate of drug-likeness (QED) is 0.749. The van der Waals surface area contributed by atoms with Crippen molar-refractivity contribution in [3.05, 3.63) is 18.0 Å². The monoisotopic (exact) mass is 238 g/mol. The summed E-state index contributed by atoms with van der Waals surface area (Å²) < 4.78 is 12.5. The zero-order valence-corrected chi connectivity index (χ0v) is 10.5. The first kappa shape index (κ1) is 12.1. The lowest BCUT2D eigenvalue weighted by atomic mass is 10.1. The van der Waals surface area contributed by atoms with Gasteiger partial charge in [-0.05, 0) is 26.7 Å². The number of hydrogen-bond donors (Lipinski definition) is 0. The minimum absolute atomic E-state index is 0.0191. The number of rotatable bonds is 3. The van der Waals surface area contributed by atoms with Crippen LogP contribution in [0.25, 0.3) is 0 Å². The molecule has 0 amide bonds. The van der Waals surface area contributed by atoms with E-state index in [9.17, 15) is 4.79 Å². The van der Waals surface area contributed by atoms with Gasteiger partial charge >= 0.3 is 5.97 Å². The molecule has 5 nitrogen and oxygen atoms in total. The van der Waals surface area contributed by atoms with Gasteiger partial charge in [-0.15, -0.1) is 0 Å². The molecule has 0 saturated carbocycles. The largest absolute Gasteiger partial charge is 0.459 e. The van der Waals surface area contributed by atoms with E-state index in [1.165, 1.54) is 6.20 Å². The molecule has 5 heteroatoms. The van der Waals surface area contributed by atoms with Crippen LogP contribution in [0.2, 0.25) is 0 Å². The van der Waals surface area contributed by atoms with Gasteiger partial charge in [0.1, 0.15) is 6.61 Å². The van der Waals surface area contributed by atoms with Gasteiger partial charge < -0.3 is 9.47 Å². The maximum absolute atomic E-state index is 11.6. The number of nitrogens with zero attached hydrogens (tertiary/aromatic N) is 2. The van der Waals surface area contributed by atoms with Gasteiger partial charge in [0.05, 0.1) is 23.5 Å². The van der Waals surface area contributed by atoms with E-state index in [4.69, 9.17) is 9.47 Å². The van der Waals surface area contributed by atoms with Crippen molar-refractivity contribution < 1.29 is 14.3 Å². The van der Waals surface area contributed by atoms with E-state index >= 15 is 0 Å². The molecule has 17 heavy (non-hydrogen) atoms. The number of esters is 1. The van der Waals surface area contributed by atoms with Crippen molar-refractivity contribution in [2.45, 2.75) is 38.4 Å².